The summed E-state index contributed by atoms with van der Waals surface area (Å²) in [5.74, 6) is -1.35. The van der Waals surface area contributed by atoms with Gasteiger partial charge >= 0.3 is 12.1 Å². The third-order valence-corrected chi connectivity index (χ3v) is 6.84. The molecule has 0 radical (unpaired) electrons. The van der Waals surface area contributed by atoms with Crippen molar-refractivity contribution < 1.29 is 32.6 Å². The average Bonchev–Trinajstić information content (AvgIpc) is 3.19. The van der Waals surface area contributed by atoms with Gasteiger partial charge in [-0.1, -0.05) is 54.6 Å². The van der Waals surface area contributed by atoms with Crippen LogP contribution in [0.4, 0.5) is 18.9 Å². The lowest BCUT2D eigenvalue weighted by atomic mass is 9.80. The lowest BCUT2D eigenvalue weighted by Crippen LogP contribution is -2.31. The molecule has 0 fully saturated rings. The first-order valence-electron chi connectivity index (χ1n) is 12.5. The standard InChI is InChI=1S/C31H25F3N2O4/c1-30(2)27(19-8-4-3-5-9-19)23-15-20(21-10-6-7-11-22(21)29(38)39)16-24(28(23)40-30)36-26(37)14-18-12-13-25(35-17-18)31(32,33)34/h3-13,15-17,27H,14H2,1-2H3,(H,36,37)(H,38,39). The van der Waals surface area contributed by atoms with E-state index in [4.69, 9.17) is 4.74 Å². The van der Waals surface area contributed by atoms with Gasteiger partial charge in [-0.15, -0.1) is 0 Å². The zero-order valence-corrected chi connectivity index (χ0v) is 21.6. The van der Waals surface area contributed by atoms with Gasteiger partial charge in [0.15, 0.2) is 0 Å². The summed E-state index contributed by atoms with van der Waals surface area (Å²) in [5, 5.41) is 12.7. The molecule has 40 heavy (non-hydrogen) atoms. The highest BCUT2D eigenvalue weighted by molar-refractivity contribution is 5.99. The number of aromatic nitrogens is 1. The third kappa shape index (κ3) is 5.27. The molecule has 1 aliphatic heterocycles. The number of nitrogens with one attached hydrogen (secondary N) is 1. The topological polar surface area (TPSA) is 88.5 Å². The Balaban J connectivity index is 1.57. The fraction of sp³-hybridized carbons (Fsp3) is 0.194. The van der Waals surface area contributed by atoms with Gasteiger partial charge in [0.1, 0.15) is 17.0 Å². The van der Waals surface area contributed by atoms with Gasteiger partial charge in [-0.25, -0.2) is 4.79 Å². The minimum Gasteiger partial charge on any atom is -0.484 e. The monoisotopic (exact) mass is 546 g/mol. The Morgan fingerprint density at radius 3 is 2.35 bits per heavy atom. The van der Waals surface area contributed by atoms with Crippen molar-refractivity contribution in [1.82, 2.24) is 4.98 Å². The Hall–Kier alpha value is -4.66. The smallest absolute Gasteiger partial charge is 0.433 e. The summed E-state index contributed by atoms with van der Waals surface area (Å²) >= 11 is 0. The zero-order valence-electron chi connectivity index (χ0n) is 21.6. The zero-order chi connectivity index (χ0) is 28.7. The molecule has 0 spiro atoms. The lowest BCUT2D eigenvalue weighted by Gasteiger charge is -2.26. The van der Waals surface area contributed by atoms with E-state index in [-0.39, 0.29) is 17.9 Å². The molecule has 1 atom stereocenters. The number of carbonyl (C=O) groups is 2. The molecule has 0 aliphatic carbocycles. The van der Waals surface area contributed by atoms with E-state index in [2.05, 4.69) is 10.3 Å². The highest BCUT2D eigenvalue weighted by atomic mass is 19.4. The quantitative estimate of drug-likeness (QED) is 0.273. The van der Waals surface area contributed by atoms with Crippen LogP contribution >= 0.6 is 0 Å². The van der Waals surface area contributed by atoms with Crippen LogP contribution in [0, 0.1) is 0 Å². The van der Waals surface area contributed by atoms with Gasteiger partial charge in [-0.2, -0.15) is 13.2 Å². The first-order chi connectivity index (χ1) is 18.9. The molecule has 6 nitrogen and oxygen atoms in total. The fourth-order valence-corrected chi connectivity index (χ4v) is 5.15. The summed E-state index contributed by atoms with van der Waals surface area (Å²) < 4.78 is 45.0. The van der Waals surface area contributed by atoms with Crippen molar-refractivity contribution in [1.29, 1.82) is 0 Å². The van der Waals surface area contributed by atoms with Crippen LogP contribution in [-0.4, -0.2) is 27.6 Å². The lowest BCUT2D eigenvalue weighted by molar-refractivity contribution is -0.141. The fourth-order valence-electron chi connectivity index (χ4n) is 5.15. The summed E-state index contributed by atoms with van der Waals surface area (Å²) in [6.07, 6.45) is -3.77. The Labute approximate surface area is 228 Å². The second-order valence-corrected chi connectivity index (χ2v) is 10.1. The molecule has 1 aromatic heterocycles. The second-order valence-electron chi connectivity index (χ2n) is 10.1. The van der Waals surface area contributed by atoms with Gasteiger partial charge in [0.2, 0.25) is 5.91 Å². The minimum atomic E-state index is -4.58. The van der Waals surface area contributed by atoms with E-state index < -0.39 is 29.3 Å². The maximum atomic E-state index is 13.1. The number of rotatable bonds is 6. The molecule has 9 heteroatoms. The number of aromatic carboxylic acids is 1. The first kappa shape index (κ1) is 26.9. The largest absolute Gasteiger partial charge is 0.484 e. The molecule has 2 N–H and O–H groups in total. The van der Waals surface area contributed by atoms with E-state index in [9.17, 15) is 27.9 Å². The number of halogens is 3. The van der Waals surface area contributed by atoms with E-state index in [1.165, 1.54) is 12.1 Å². The Morgan fingerprint density at radius 2 is 1.70 bits per heavy atom. The van der Waals surface area contributed by atoms with Crippen LogP contribution in [-0.2, 0) is 17.4 Å². The molecule has 1 aliphatic rings. The van der Waals surface area contributed by atoms with Crippen LogP contribution in [0.2, 0.25) is 0 Å². The second kappa shape index (κ2) is 10.1. The molecule has 2 heterocycles. The maximum Gasteiger partial charge on any atom is 0.433 e. The number of hydrogen-bond acceptors (Lipinski definition) is 4. The molecule has 0 saturated carbocycles. The van der Waals surface area contributed by atoms with E-state index in [1.807, 2.05) is 50.2 Å². The van der Waals surface area contributed by atoms with E-state index in [0.717, 1.165) is 23.4 Å². The molecular weight excluding hydrogens is 521 g/mol. The van der Waals surface area contributed by atoms with E-state index in [1.54, 1.807) is 24.3 Å². The van der Waals surface area contributed by atoms with Crippen LogP contribution in [0.1, 0.15) is 52.5 Å². The predicted molar refractivity (Wildman–Crippen MR) is 143 cm³/mol. The van der Waals surface area contributed by atoms with Crippen molar-refractivity contribution in [2.45, 2.75) is 38.0 Å². The van der Waals surface area contributed by atoms with Gasteiger partial charge in [0.25, 0.3) is 0 Å². The molecule has 5 rings (SSSR count). The number of carboxylic acids is 1. The molecule has 3 aromatic carbocycles. The first-order valence-corrected chi connectivity index (χ1v) is 12.5. The number of pyridine rings is 1. The Bertz CT molecular complexity index is 1580. The highest BCUT2D eigenvalue weighted by Gasteiger charge is 2.44. The number of benzene rings is 3. The number of carbonyl (C=O) groups excluding carboxylic acids is 1. The van der Waals surface area contributed by atoms with Gasteiger partial charge in [0, 0.05) is 11.8 Å². The summed E-state index contributed by atoms with van der Waals surface area (Å²) in [6.45, 7) is 3.88. The molecular formula is C31H25F3N2O4. The minimum absolute atomic E-state index is 0.102. The number of carboxylic acid groups (broad SMARTS) is 1. The number of alkyl halides is 3. The van der Waals surface area contributed by atoms with Crippen LogP contribution in [0.5, 0.6) is 5.75 Å². The molecule has 204 valence electrons. The van der Waals surface area contributed by atoms with E-state index >= 15 is 0 Å². The van der Waals surface area contributed by atoms with Gasteiger partial charge in [0.05, 0.1) is 23.6 Å². The number of amides is 1. The van der Waals surface area contributed by atoms with Crippen LogP contribution in [0.3, 0.4) is 0 Å². The molecule has 1 unspecified atom stereocenters. The SMILES string of the molecule is CC1(C)Oc2c(NC(=O)Cc3ccc(C(F)(F)F)nc3)cc(-c3ccccc3C(=O)O)cc2C1c1ccccc1. The van der Waals surface area contributed by atoms with Crippen molar-refractivity contribution >= 4 is 17.6 Å². The maximum absolute atomic E-state index is 13.1. The Morgan fingerprint density at radius 1 is 1.00 bits per heavy atom. The molecule has 1 amide bonds. The molecule has 0 saturated heterocycles. The number of nitrogens with zero attached hydrogens (tertiary/aromatic N) is 1. The van der Waals surface area contributed by atoms with Gasteiger partial charge < -0.3 is 15.2 Å². The van der Waals surface area contributed by atoms with Crippen molar-refractivity contribution in [3.8, 4) is 16.9 Å². The van der Waals surface area contributed by atoms with Gasteiger partial charge in [-0.3, -0.25) is 9.78 Å². The summed E-state index contributed by atoms with van der Waals surface area (Å²) in [6, 6.07) is 21.9. The number of anilines is 1. The van der Waals surface area contributed by atoms with Crippen LogP contribution < -0.4 is 10.1 Å². The van der Waals surface area contributed by atoms with Crippen molar-refractivity contribution in [3.63, 3.8) is 0 Å². The Kier molecular flexibility index (Phi) is 6.83. The summed E-state index contributed by atoms with van der Waals surface area (Å²) in [5.41, 5.74) is 1.81. The highest BCUT2D eigenvalue weighted by Crippen LogP contribution is 2.52. The number of hydrogen-bond donors (Lipinski definition) is 2. The molecule has 4 aromatic rings. The van der Waals surface area contributed by atoms with Crippen LogP contribution in [0.25, 0.3) is 11.1 Å². The van der Waals surface area contributed by atoms with Gasteiger partial charge in [-0.05, 0) is 60.4 Å². The summed E-state index contributed by atoms with van der Waals surface area (Å²) in [7, 11) is 0. The number of fused-ring (bicyclic) bond motifs is 1. The summed E-state index contributed by atoms with van der Waals surface area (Å²) in [4.78, 5) is 28.5. The third-order valence-electron chi connectivity index (χ3n) is 6.84. The average molecular weight is 547 g/mol. The molecule has 0 bridgehead atoms. The van der Waals surface area contributed by atoms with Crippen molar-refractivity contribution in [3.05, 3.63) is 113 Å². The normalized spacial score (nSPS) is 15.7. The predicted octanol–water partition coefficient (Wildman–Crippen LogP) is 6.95. The van der Waals surface area contributed by atoms with Crippen LogP contribution in [0.15, 0.2) is 85.1 Å². The van der Waals surface area contributed by atoms with Crippen molar-refractivity contribution in [2.24, 2.45) is 0 Å². The van der Waals surface area contributed by atoms with Crippen molar-refractivity contribution in [2.75, 3.05) is 5.32 Å². The van der Waals surface area contributed by atoms with E-state index in [0.29, 0.717) is 28.1 Å². The number of ether oxygens (including phenoxy) is 1.